The number of alkyl halides is 3. The molecule has 0 saturated carbocycles. The van der Waals surface area contributed by atoms with Crippen molar-refractivity contribution in [1.29, 1.82) is 0 Å². The summed E-state index contributed by atoms with van der Waals surface area (Å²) < 4.78 is 42.4. The third-order valence-electron chi connectivity index (χ3n) is 5.42. The average Bonchev–Trinajstić information content (AvgIpc) is 3.16. The van der Waals surface area contributed by atoms with Gasteiger partial charge in [0.2, 0.25) is 12.7 Å². The Morgan fingerprint density at radius 3 is 2.34 bits per heavy atom. The summed E-state index contributed by atoms with van der Waals surface area (Å²) in [6.45, 7) is 2.54. The quantitative estimate of drug-likeness (QED) is 0.529. The van der Waals surface area contributed by atoms with Gasteiger partial charge in [-0.2, -0.15) is 13.2 Å². The Bertz CT molecular complexity index is 1090. The van der Waals surface area contributed by atoms with Gasteiger partial charge in [0.05, 0.1) is 0 Å². The summed E-state index contributed by atoms with van der Waals surface area (Å²) in [5.41, 5.74) is 4.18. The largest absolute Gasteiger partial charge is 0.490 e. The zero-order chi connectivity index (χ0) is 25.4. The van der Waals surface area contributed by atoms with Crippen LogP contribution >= 0.6 is 0 Å². The third-order valence-corrected chi connectivity index (χ3v) is 5.42. The molecule has 0 atom stereocenters. The number of Topliss-reactive ketones (excluding diaryl/α,β-unsaturated/α-hetero) is 1. The van der Waals surface area contributed by atoms with Gasteiger partial charge < -0.3 is 25.2 Å². The number of amides is 1. The van der Waals surface area contributed by atoms with Gasteiger partial charge >= 0.3 is 12.1 Å². The van der Waals surface area contributed by atoms with Gasteiger partial charge in [0.1, 0.15) is 0 Å². The van der Waals surface area contributed by atoms with E-state index in [4.69, 9.17) is 19.4 Å². The number of hydrogen-bond acceptors (Lipinski definition) is 6. The molecule has 2 aromatic rings. The molecule has 0 aliphatic carbocycles. The molecule has 188 valence electrons. The van der Waals surface area contributed by atoms with Crippen molar-refractivity contribution in [2.45, 2.75) is 38.4 Å². The molecule has 8 nitrogen and oxygen atoms in total. The average molecular weight is 494 g/mol. The molecule has 2 aliphatic heterocycles. The Morgan fingerprint density at radius 2 is 1.63 bits per heavy atom. The van der Waals surface area contributed by atoms with E-state index in [1.54, 1.807) is 0 Å². The van der Waals surface area contributed by atoms with E-state index in [2.05, 4.69) is 16.7 Å². The fourth-order valence-corrected chi connectivity index (χ4v) is 3.56. The van der Waals surface area contributed by atoms with Crippen LogP contribution in [0.15, 0.2) is 36.4 Å². The maximum absolute atomic E-state index is 12.5. The molecule has 0 unspecified atom stereocenters. The first-order valence-corrected chi connectivity index (χ1v) is 10.9. The number of ketones is 1. The molecule has 2 aromatic carbocycles. The summed E-state index contributed by atoms with van der Waals surface area (Å²) in [6.07, 6.45) is -2.76. The molecule has 0 spiro atoms. The van der Waals surface area contributed by atoms with Crippen LogP contribution in [0.25, 0.3) is 0 Å². The Kier molecular flexibility index (Phi) is 8.69. The summed E-state index contributed by atoms with van der Waals surface area (Å²) >= 11 is 0. The number of fused-ring (bicyclic) bond motifs is 2. The van der Waals surface area contributed by atoms with E-state index >= 15 is 0 Å². The number of hydrogen-bond donors (Lipinski definition) is 3. The van der Waals surface area contributed by atoms with Gasteiger partial charge in [-0.25, -0.2) is 4.79 Å². The molecule has 11 heteroatoms. The van der Waals surface area contributed by atoms with Gasteiger partial charge in [0, 0.05) is 24.9 Å². The summed E-state index contributed by atoms with van der Waals surface area (Å²) in [5.74, 6) is -1.46. The highest BCUT2D eigenvalue weighted by molar-refractivity contribution is 5.98. The number of nitrogens with one attached hydrogen (secondary N) is 2. The van der Waals surface area contributed by atoms with Crippen molar-refractivity contribution in [3.05, 3.63) is 58.7 Å². The minimum atomic E-state index is -5.08. The normalized spacial score (nSPS) is 14.1. The number of carboxylic acids is 1. The highest BCUT2D eigenvalue weighted by Gasteiger charge is 2.38. The molecule has 0 fully saturated rings. The first kappa shape index (κ1) is 26.0. The van der Waals surface area contributed by atoms with Gasteiger partial charge in [0.25, 0.3) is 0 Å². The zero-order valence-corrected chi connectivity index (χ0v) is 18.7. The van der Waals surface area contributed by atoms with E-state index < -0.39 is 12.1 Å². The summed E-state index contributed by atoms with van der Waals surface area (Å²) in [5, 5.41) is 13.4. The number of halogens is 3. The highest BCUT2D eigenvalue weighted by Crippen LogP contribution is 2.32. The molecule has 0 bridgehead atoms. The van der Waals surface area contributed by atoms with Crippen LogP contribution in [0.5, 0.6) is 11.5 Å². The zero-order valence-electron chi connectivity index (χ0n) is 18.7. The van der Waals surface area contributed by atoms with Crippen LogP contribution in [-0.2, 0) is 29.0 Å². The molecule has 0 aromatic heterocycles. The van der Waals surface area contributed by atoms with Gasteiger partial charge in [-0.3, -0.25) is 9.59 Å². The van der Waals surface area contributed by atoms with Crippen molar-refractivity contribution in [2.24, 2.45) is 0 Å². The summed E-state index contributed by atoms with van der Waals surface area (Å²) in [7, 11) is 0. The Labute approximate surface area is 199 Å². The molecule has 0 saturated heterocycles. The minimum absolute atomic E-state index is 0.0123. The number of rotatable bonds is 6. The molecule has 2 aliphatic rings. The van der Waals surface area contributed by atoms with E-state index in [-0.39, 0.29) is 31.3 Å². The van der Waals surface area contributed by atoms with Crippen molar-refractivity contribution in [1.82, 2.24) is 10.6 Å². The topological polar surface area (TPSA) is 114 Å². The van der Waals surface area contributed by atoms with Crippen LogP contribution < -0.4 is 20.1 Å². The van der Waals surface area contributed by atoms with Crippen LogP contribution in [0.1, 0.15) is 39.9 Å². The number of ether oxygens (including phenoxy) is 2. The molecule has 35 heavy (non-hydrogen) atoms. The van der Waals surface area contributed by atoms with Crippen molar-refractivity contribution < 1.29 is 42.1 Å². The summed E-state index contributed by atoms with van der Waals surface area (Å²) in [6, 6.07) is 11.5. The van der Waals surface area contributed by atoms with Crippen LogP contribution in [0.3, 0.4) is 0 Å². The fraction of sp³-hybridized carbons (Fsp3) is 0.375. The number of aliphatic carboxylic acids is 1. The Balaban J connectivity index is 0.000000429. The number of carboxylic acid groups (broad SMARTS) is 1. The third kappa shape index (κ3) is 7.71. The van der Waals surface area contributed by atoms with Crippen LogP contribution in [0.2, 0.25) is 0 Å². The second-order valence-electron chi connectivity index (χ2n) is 7.92. The number of carbonyl (C=O) groups is 3. The first-order chi connectivity index (χ1) is 16.6. The first-order valence-electron chi connectivity index (χ1n) is 10.9. The molecule has 1 amide bonds. The van der Waals surface area contributed by atoms with Crippen LogP contribution in [-0.4, -0.2) is 48.8 Å². The van der Waals surface area contributed by atoms with Crippen molar-refractivity contribution >= 4 is 17.7 Å². The fourth-order valence-electron chi connectivity index (χ4n) is 3.56. The van der Waals surface area contributed by atoms with Crippen molar-refractivity contribution in [2.75, 3.05) is 19.9 Å². The second kappa shape index (κ2) is 11.7. The summed E-state index contributed by atoms with van der Waals surface area (Å²) in [4.78, 5) is 33.5. The number of benzene rings is 2. The van der Waals surface area contributed by atoms with Crippen LogP contribution in [0.4, 0.5) is 13.2 Å². The predicted molar refractivity (Wildman–Crippen MR) is 118 cm³/mol. The van der Waals surface area contributed by atoms with E-state index in [1.165, 1.54) is 11.1 Å². The van der Waals surface area contributed by atoms with E-state index in [0.29, 0.717) is 17.9 Å². The molecule has 2 heterocycles. The van der Waals surface area contributed by atoms with E-state index in [1.807, 2.05) is 30.3 Å². The standard InChI is InChI=1S/C22H24N2O4.C2HF3O2/c25-19(18-3-2-16-7-9-23-10-8-17(16)12-18)4-6-22(26)24-13-15-1-5-20-21(11-15)28-14-27-20;3-2(4,5)1(6)7/h1-3,5,11-12,23H,4,6-10,13-14H2,(H,24,26);(H,6,7). The number of carbonyl (C=O) groups excluding carboxylic acids is 2. The van der Waals surface area contributed by atoms with Gasteiger partial charge in [0.15, 0.2) is 17.3 Å². The second-order valence-corrected chi connectivity index (χ2v) is 7.92. The van der Waals surface area contributed by atoms with Gasteiger partial charge in [-0.05, 0) is 60.8 Å². The lowest BCUT2D eigenvalue weighted by atomic mass is 9.97. The van der Waals surface area contributed by atoms with E-state index in [0.717, 1.165) is 37.2 Å². The monoisotopic (exact) mass is 494 g/mol. The van der Waals surface area contributed by atoms with E-state index in [9.17, 15) is 22.8 Å². The lowest BCUT2D eigenvalue weighted by Crippen LogP contribution is -2.23. The lowest BCUT2D eigenvalue weighted by Gasteiger charge is -2.09. The molecular formula is C24H25F3N2O6. The van der Waals surface area contributed by atoms with Gasteiger partial charge in [-0.1, -0.05) is 18.2 Å². The Hall–Kier alpha value is -3.60. The van der Waals surface area contributed by atoms with Crippen LogP contribution in [0, 0.1) is 0 Å². The molecular weight excluding hydrogens is 469 g/mol. The lowest BCUT2D eigenvalue weighted by molar-refractivity contribution is -0.192. The highest BCUT2D eigenvalue weighted by atomic mass is 19.4. The molecule has 0 radical (unpaired) electrons. The smallest absolute Gasteiger partial charge is 0.475 e. The molecule has 4 rings (SSSR count). The maximum atomic E-state index is 12.5. The SMILES string of the molecule is O=C(CCC(=O)c1ccc2c(c1)CCNCC2)NCc1ccc2c(c1)OCO2.O=C(O)C(F)(F)F. The van der Waals surface area contributed by atoms with Crippen molar-refractivity contribution in [3.8, 4) is 11.5 Å². The maximum Gasteiger partial charge on any atom is 0.490 e. The minimum Gasteiger partial charge on any atom is -0.475 e. The predicted octanol–water partition coefficient (Wildman–Crippen LogP) is 3.02. The Morgan fingerprint density at radius 1 is 0.943 bits per heavy atom. The van der Waals surface area contributed by atoms with Gasteiger partial charge in [-0.15, -0.1) is 0 Å². The van der Waals surface area contributed by atoms with Crippen molar-refractivity contribution in [3.63, 3.8) is 0 Å². The molecule has 3 N–H and O–H groups in total.